The van der Waals surface area contributed by atoms with Crippen LogP contribution >= 0.6 is 0 Å². The molecule has 134 valence electrons. The number of rotatable bonds is 9. The van der Waals surface area contributed by atoms with Crippen LogP contribution in [0.1, 0.15) is 19.8 Å². The maximum atomic E-state index is 12.0. The number of carbonyl (C=O) groups excluding carboxylic acids is 1. The molecular weight excluding hydrogens is 308 g/mol. The molecule has 1 aliphatic rings. The number of hydrogen-bond donors (Lipinski definition) is 2. The molecular formula is C17H28N4O3. The Balaban J connectivity index is 1.67. The van der Waals surface area contributed by atoms with Crippen molar-refractivity contribution in [3.8, 4) is 5.88 Å². The normalized spacial score (nSPS) is 17.7. The molecule has 2 N–H and O–H groups in total. The fourth-order valence-corrected chi connectivity index (χ4v) is 2.78. The monoisotopic (exact) mass is 336 g/mol. The summed E-state index contributed by atoms with van der Waals surface area (Å²) in [5, 5.41) is 5.73. The van der Waals surface area contributed by atoms with E-state index in [2.05, 4.69) is 27.4 Å². The Morgan fingerprint density at radius 2 is 2.29 bits per heavy atom. The molecule has 24 heavy (non-hydrogen) atoms. The van der Waals surface area contributed by atoms with Crippen LogP contribution in [0.3, 0.4) is 0 Å². The van der Waals surface area contributed by atoms with Gasteiger partial charge in [0.15, 0.2) is 0 Å². The van der Waals surface area contributed by atoms with Crippen LogP contribution in [0.15, 0.2) is 18.3 Å². The first-order chi connectivity index (χ1) is 11.7. The third-order valence-electron chi connectivity index (χ3n) is 3.99. The van der Waals surface area contributed by atoms with Crippen molar-refractivity contribution in [3.63, 3.8) is 0 Å². The van der Waals surface area contributed by atoms with Gasteiger partial charge in [-0.2, -0.15) is 0 Å². The van der Waals surface area contributed by atoms with E-state index in [0.717, 1.165) is 26.1 Å². The molecule has 0 aromatic carbocycles. The molecule has 0 aliphatic carbocycles. The second-order valence-electron chi connectivity index (χ2n) is 6.02. The molecule has 1 aliphatic heterocycles. The van der Waals surface area contributed by atoms with E-state index in [4.69, 9.17) is 9.47 Å². The quantitative estimate of drug-likeness (QED) is 0.674. The van der Waals surface area contributed by atoms with Crippen molar-refractivity contribution in [1.82, 2.24) is 15.2 Å². The van der Waals surface area contributed by atoms with Gasteiger partial charge < -0.3 is 25.0 Å². The summed E-state index contributed by atoms with van der Waals surface area (Å²) in [4.78, 5) is 18.6. The highest BCUT2D eigenvalue weighted by molar-refractivity contribution is 5.88. The molecule has 0 saturated carbocycles. The molecule has 0 spiro atoms. The predicted octanol–water partition coefficient (Wildman–Crippen LogP) is 1.96. The van der Waals surface area contributed by atoms with Gasteiger partial charge in [-0.3, -0.25) is 0 Å². The summed E-state index contributed by atoms with van der Waals surface area (Å²) in [6.07, 6.45) is 3.91. The van der Waals surface area contributed by atoms with Crippen LogP contribution in [0.5, 0.6) is 5.88 Å². The molecule has 0 bridgehead atoms. The van der Waals surface area contributed by atoms with Crippen LogP contribution < -0.4 is 15.4 Å². The van der Waals surface area contributed by atoms with E-state index >= 15 is 0 Å². The minimum absolute atomic E-state index is 0.196. The number of nitrogens with one attached hydrogen (secondary N) is 2. The Morgan fingerprint density at radius 3 is 3.00 bits per heavy atom. The summed E-state index contributed by atoms with van der Waals surface area (Å²) in [7, 11) is 1.62. The first-order valence-corrected chi connectivity index (χ1v) is 8.56. The number of pyridine rings is 1. The van der Waals surface area contributed by atoms with Gasteiger partial charge in [0.25, 0.3) is 0 Å². The maximum Gasteiger partial charge on any atom is 0.319 e. The Bertz CT molecular complexity index is 495. The number of urea groups is 1. The van der Waals surface area contributed by atoms with Crippen molar-refractivity contribution in [2.24, 2.45) is 5.92 Å². The molecule has 7 nitrogen and oxygen atoms in total. The van der Waals surface area contributed by atoms with E-state index in [-0.39, 0.29) is 6.03 Å². The zero-order valence-corrected chi connectivity index (χ0v) is 14.6. The lowest BCUT2D eigenvalue weighted by molar-refractivity contribution is 0.144. The topological polar surface area (TPSA) is 75.7 Å². The van der Waals surface area contributed by atoms with E-state index in [0.29, 0.717) is 37.2 Å². The molecule has 7 heteroatoms. The van der Waals surface area contributed by atoms with Crippen molar-refractivity contribution in [2.45, 2.75) is 19.8 Å². The highest BCUT2D eigenvalue weighted by atomic mass is 16.5. The fraction of sp³-hybridized carbons (Fsp3) is 0.647. The van der Waals surface area contributed by atoms with Crippen LogP contribution in [0.4, 0.5) is 10.5 Å². The van der Waals surface area contributed by atoms with Gasteiger partial charge in [-0.15, -0.1) is 0 Å². The molecule has 1 saturated heterocycles. The number of nitrogens with zero attached hydrogens (tertiary/aromatic N) is 2. The summed E-state index contributed by atoms with van der Waals surface area (Å²) in [5.41, 5.74) is 0.644. The van der Waals surface area contributed by atoms with Crippen LogP contribution in [-0.2, 0) is 4.74 Å². The summed E-state index contributed by atoms with van der Waals surface area (Å²) < 4.78 is 10.3. The van der Waals surface area contributed by atoms with E-state index < -0.39 is 0 Å². The lowest BCUT2D eigenvalue weighted by Crippen LogP contribution is -2.34. The van der Waals surface area contributed by atoms with Gasteiger partial charge in [-0.1, -0.05) is 6.92 Å². The minimum atomic E-state index is -0.196. The summed E-state index contributed by atoms with van der Waals surface area (Å²) in [6, 6.07) is 3.30. The second kappa shape index (κ2) is 10.1. The van der Waals surface area contributed by atoms with E-state index in [9.17, 15) is 4.79 Å². The van der Waals surface area contributed by atoms with Crippen LogP contribution in [0.25, 0.3) is 0 Å². The van der Waals surface area contributed by atoms with E-state index in [1.807, 2.05) is 0 Å². The molecule has 1 aromatic heterocycles. The largest absolute Gasteiger partial charge is 0.475 e. The fourth-order valence-electron chi connectivity index (χ4n) is 2.78. The van der Waals surface area contributed by atoms with Gasteiger partial charge in [-0.25, -0.2) is 9.78 Å². The number of likely N-dealkylation sites (tertiary alicyclic amines) is 1. The average Bonchev–Trinajstić information content (AvgIpc) is 3.03. The first kappa shape index (κ1) is 18.5. The molecule has 2 rings (SSSR count). The molecule has 0 radical (unpaired) electrons. The van der Waals surface area contributed by atoms with E-state index in [1.54, 1.807) is 25.4 Å². The minimum Gasteiger partial charge on any atom is -0.475 e. The Kier molecular flexibility index (Phi) is 7.77. The summed E-state index contributed by atoms with van der Waals surface area (Å²) in [5.74, 6) is 1.05. The van der Waals surface area contributed by atoms with Gasteiger partial charge in [0.05, 0.1) is 18.5 Å². The number of carbonyl (C=O) groups is 1. The number of ether oxygens (including phenoxy) is 2. The number of anilines is 1. The highest BCUT2D eigenvalue weighted by Crippen LogP contribution is 2.15. The van der Waals surface area contributed by atoms with Crippen LogP contribution in [-0.4, -0.2) is 62.4 Å². The number of aromatic nitrogens is 1. The highest BCUT2D eigenvalue weighted by Gasteiger charge is 2.21. The molecule has 2 heterocycles. The smallest absolute Gasteiger partial charge is 0.319 e. The van der Waals surface area contributed by atoms with E-state index in [1.165, 1.54) is 6.42 Å². The zero-order chi connectivity index (χ0) is 17.2. The SMILES string of the molecule is CCCN1CCC(CNC(=O)Nc2ccc(OCCOC)nc2)C1. The molecule has 1 unspecified atom stereocenters. The van der Waals surface area contributed by atoms with Gasteiger partial charge in [0.1, 0.15) is 6.61 Å². The zero-order valence-electron chi connectivity index (χ0n) is 14.6. The lowest BCUT2D eigenvalue weighted by atomic mass is 10.1. The Morgan fingerprint density at radius 1 is 1.42 bits per heavy atom. The van der Waals surface area contributed by atoms with Crippen LogP contribution in [0.2, 0.25) is 0 Å². The van der Waals surface area contributed by atoms with Crippen molar-refractivity contribution in [2.75, 3.05) is 51.8 Å². The Labute approximate surface area is 143 Å². The van der Waals surface area contributed by atoms with Crippen molar-refractivity contribution in [1.29, 1.82) is 0 Å². The van der Waals surface area contributed by atoms with Crippen molar-refractivity contribution >= 4 is 11.7 Å². The Hall–Kier alpha value is -1.86. The molecule has 1 fully saturated rings. The predicted molar refractivity (Wildman–Crippen MR) is 93.5 cm³/mol. The number of methoxy groups -OCH3 is 1. The molecule has 1 aromatic rings. The number of amides is 2. The molecule has 2 amide bonds. The van der Waals surface area contributed by atoms with Gasteiger partial charge >= 0.3 is 6.03 Å². The third kappa shape index (κ3) is 6.33. The number of hydrogen-bond acceptors (Lipinski definition) is 5. The van der Waals surface area contributed by atoms with Crippen LogP contribution in [0, 0.1) is 5.92 Å². The standard InChI is InChI=1S/C17H28N4O3/c1-3-7-21-8-6-14(13-21)11-19-17(22)20-15-4-5-16(18-12-15)24-10-9-23-2/h4-5,12,14H,3,6-11,13H2,1-2H3,(H2,19,20,22). The van der Waals surface area contributed by atoms with Gasteiger partial charge in [-0.05, 0) is 37.9 Å². The average molecular weight is 336 g/mol. The lowest BCUT2D eigenvalue weighted by Gasteiger charge is -2.15. The second-order valence-corrected chi connectivity index (χ2v) is 6.02. The van der Waals surface area contributed by atoms with Gasteiger partial charge in [0.2, 0.25) is 5.88 Å². The summed E-state index contributed by atoms with van der Waals surface area (Å²) in [6.45, 7) is 7.22. The maximum absolute atomic E-state index is 12.0. The molecule has 1 atom stereocenters. The van der Waals surface area contributed by atoms with Gasteiger partial charge in [0, 0.05) is 26.3 Å². The summed E-state index contributed by atoms with van der Waals surface area (Å²) >= 11 is 0. The first-order valence-electron chi connectivity index (χ1n) is 8.56. The third-order valence-corrected chi connectivity index (χ3v) is 3.99. The van der Waals surface area contributed by atoms with Crippen molar-refractivity contribution < 1.29 is 14.3 Å². The van der Waals surface area contributed by atoms with Crippen molar-refractivity contribution in [3.05, 3.63) is 18.3 Å².